The third-order valence-electron chi connectivity index (χ3n) is 2.96. The van der Waals surface area contributed by atoms with Crippen molar-refractivity contribution < 1.29 is 13.8 Å². The summed E-state index contributed by atoms with van der Waals surface area (Å²) in [6, 6.07) is -1.10. The molecule has 0 aliphatic carbocycles. The first kappa shape index (κ1) is 14.2. The molecule has 0 saturated carbocycles. The summed E-state index contributed by atoms with van der Waals surface area (Å²) < 4.78 is 11.2. The molecule has 6 heteroatoms. The van der Waals surface area contributed by atoms with E-state index in [2.05, 4.69) is 5.32 Å². The number of carbonyl (C=O) groups excluding carboxylic acids is 2. The van der Waals surface area contributed by atoms with Gasteiger partial charge in [0.15, 0.2) is 0 Å². The molecule has 1 aliphatic rings. The van der Waals surface area contributed by atoms with Crippen molar-refractivity contribution >= 4 is 22.6 Å². The van der Waals surface area contributed by atoms with Gasteiger partial charge in [-0.15, -0.1) is 0 Å². The van der Waals surface area contributed by atoms with Gasteiger partial charge < -0.3 is 10.2 Å². The molecule has 5 nitrogen and oxygen atoms in total. The van der Waals surface area contributed by atoms with E-state index in [1.54, 1.807) is 18.1 Å². The van der Waals surface area contributed by atoms with Crippen LogP contribution in [0.4, 0.5) is 0 Å². The average molecular weight is 260 g/mol. The average Bonchev–Trinajstić information content (AvgIpc) is 2.21. The lowest BCUT2D eigenvalue weighted by molar-refractivity contribution is -0.150. The highest BCUT2D eigenvalue weighted by Gasteiger charge is 2.39. The summed E-state index contributed by atoms with van der Waals surface area (Å²) in [5.74, 6) is 0.199. The number of nitrogens with one attached hydrogen (secondary N) is 1. The summed E-state index contributed by atoms with van der Waals surface area (Å²) in [4.78, 5) is 25.5. The Bertz CT molecular complexity index is 346. The van der Waals surface area contributed by atoms with Crippen LogP contribution in [0.2, 0.25) is 0 Å². The predicted molar refractivity (Wildman–Crippen MR) is 66.9 cm³/mol. The first-order valence-corrected chi connectivity index (χ1v) is 7.53. The van der Waals surface area contributed by atoms with Crippen molar-refractivity contribution in [2.45, 2.75) is 45.3 Å². The number of rotatable bonds is 4. The van der Waals surface area contributed by atoms with E-state index in [1.807, 2.05) is 13.8 Å². The first-order chi connectivity index (χ1) is 7.88. The predicted octanol–water partition coefficient (Wildman–Crippen LogP) is -0.121. The lowest BCUT2D eigenvalue weighted by Gasteiger charge is -2.41. The third-order valence-corrected chi connectivity index (χ3v) is 3.91. The summed E-state index contributed by atoms with van der Waals surface area (Å²) in [6.07, 6.45) is 2.18. The first-order valence-electron chi connectivity index (χ1n) is 5.81. The molecule has 1 saturated heterocycles. The van der Waals surface area contributed by atoms with Crippen molar-refractivity contribution in [2.75, 3.05) is 12.0 Å². The molecule has 17 heavy (non-hydrogen) atoms. The van der Waals surface area contributed by atoms with Crippen LogP contribution in [0.25, 0.3) is 0 Å². The van der Waals surface area contributed by atoms with E-state index < -0.39 is 22.9 Å². The topological polar surface area (TPSA) is 66.5 Å². The summed E-state index contributed by atoms with van der Waals surface area (Å²) >= 11 is 0. The number of piperazine rings is 1. The molecular formula is C11H20N2O3S. The third kappa shape index (κ3) is 3.06. The van der Waals surface area contributed by atoms with Gasteiger partial charge in [0.05, 0.1) is 0 Å². The molecule has 0 aromatic heterocycles. The summed E-state index contributed by atoms with van der Waals surface area (Å²) in [6.45, 7) is 5.39. The number of nitrogens with zero attached hydrogens (tertiary/aromatic N) is 1. The van der Waals surface area contributed by atoms with Crippen molar-refractivity contribution in [2.24, 2.45) is 0 Å². The Hall–Kier alpha value is -0.910. The second kappa shape index (κ2) is 5.62. The molecule has 1 rings (SSSR count). The van der Waals surface area contributed by atoms with Crippen molar-refractivity contribution in [1.29, 1.82) is 0 Å². The van der Waals surface area contributed by atoms with Crippen LogP contribution in [0.5, 0.6) is 0 Å². The molecule has 1 N–H and O–H groups in total. The van der Waals surface area contributed by atoms with Crippen molar-refractivity contribution in [1.82, 2.24) is 10.2 Å². The quantitative estimate of drug-likeness (QED) is 0.766. The van der Waals surface area contributed by atoms with Crippen molar-refractivity contribution in [3.05, 3.63) is 0 Å². The summed E-state index contributed by atoms with van der Waals surface area (Å²) in [5.41, 5.74) is 0. The van der Waals surface area contributed by atoms with Crippen LogP contribution in [0.15, 0.2) is 0 Å². The molecule has 0 bridgehead atoms. The summed E-state index contributed by atoms with van der Waals surface area (Å²) in [5, 5.41) is 2.66. The fourth-order valence-electron chi connectivity index (χ4n) is 2.20. The largest absolute Gasteiger partial charge is 0.343 e. The molecule has 1 aliphatic heterocycles. The molecular weight excluding hydrogens is 240 g/mol. The highest BCUT2D eigenvalue weighted by molar-refractivity contribution is 7.84. The van der Waals surface area contributed by atoms with E-state index in [0.29, 0.717) is 12.2 Å². The van der Waals surface area contributed by atoms with E-state index in [9.17, 15) is 13.8 Å². The lowest BCUT2D eigenvalue weighted by Crippen LogP contribution is -2.65. The van der Waals surface area contributed by atoms with Crippen molar-refractivity contribution in [3.8, 4) is 0 Å². The second-order valence-electron chi connectivity index (χ2n) is 4.49. The maximum absolute atomic E-state index is 12.1. The zero-order valence-electron chi connectivity index (χ0n) is 10.7. The molecule has 1 fully saturated rings. The molecule has 4 atom stereocenters. The Labute approximate surface area is 104 Å². The van der Waals surface area contributed by atoms with Gasteiger partial charge in [-0.3, -0.25) is 13.8 Å². The molecule has 1 heterocycles. The Morgan fingerprint density at radius 2 is 2.06 bits per heavy atom. The van der Waals surface area contributed by atoms with Gasteiger partial charge in [0.2, 0.25) is 11.8 Å². The fraction of sp³-hybridized carbons (Fsp3) is 0.818. The second-order valence-corrected chi connectivity index (χ2v) is 5.97. The van der Waals surface area contributed by atoms with Crippen LogP contribution in [-0.2, 0) is 20.4 Å². The number of carbonyl (C=O) groups is 2. The Morgan fingerprint density at radius 1 is 1.47 bits per heavy atom. The van der Waals surface area contributed by atoms with Gasteiger partial charge in [0, 0.05) is 28.9 Å². The van der Waals surface area contributed by atoms with Crippen LogP contribution in [0, 0.1) is 0 Å². The van der Waals surface area contributed by atoms with E-state index in [-0.39, 0.29) is 17.9 Å². The molecule has 98 valence electrons. The molecule has 0 aromatic rings. The Balaban J connectivity index is 2.92. The van der Waals surface area contributed by atoms with E-state index in [0.717, 1.165) is 0 Å². The van der Waals surface area contributed by atoms with Gasteiger partial charge in [0.25, 0.3) is 0 Å². The number of hydrogen-bond acceptors (Lipinski definition) is 3. The number of amides is 2. The normalized spacial score (nSPS) is 28.8. The lowest BCUT2D eigenvalue weighted by atomic mass is 10.0. The van der Waals surface area contributed by atoms with E-state index in [1.165, 1.54) is 0 Å². The van der Waals surface area contributed by atoms with Crippen molar-refractivity contribution in [3.63, 3.8) is 0 Å². The van der Waals surface area contributed by atoms with Gasteiger partial charge >= 0.3 is 0 Å². The monoisotopic (exact) mass is 260 g/mol. The standard InChI is InChI=1S/C11H20N2O3S/c1-5-9-10(14)12-8(3)11(15)13(9)7(2)6-17(4)16/h7-9H,5-6H2,1-4H3,(H,12,14). The highest BCUT2D eigenvalue weighted by Crippen LogP contribution is 2.17. The molecule has 0 radical (unpaired) electrons. The number of hydrogen-bond donors (Lipinski definition) is 1. The molecule has 2 amide bonds. The zero-order chi connectivity index (χ0) is 13.2. The summed E-state index contributed by atoms with van der Waals surface area (Å²) in [7, 11) is -0.977. The smallest absolute Gasteiger partial charge is 0.245 e. The molecule has 0 aromatic carbocycles. The van der Waals surface area contributed by atoms with Gasteiger partial charge in [0.1, 0.15) is 12.1 Å². The fourth-order valence-corrected chi connectivity index (χ4v) is 3.04. The van der Waals surface area contributed by atoms with E-state index in [4.69, 9.17) is 0 Å². The SMILES string of the molecule is CCC1C(=O)NC(C)C(=O)N1C(C)CS(C)=O. The van der Waals surface area contributed by atoms with Gasteiger partial charge in [-0.2, -0.15) is 0 Å². The van der Waals surface area contributed by atoms with Gasteiger partial charge in [-0.05, 0) is 20.3 Å². The van der Waals surface area contributed by atoms with Gasteiger partial charge in [-0.25, -0.2) is 0 Å². The highest BCUT2D eigenvalue weighted by atomic mass is 32.2. The maximum Gasteiger partial charge on any atom is 0.245 e. The minimum atomic E-state index is -0.977. The van der Waals surface area contributed by atoms with Crippen LogP contribution in [0.1, 0.15) is 27.2 Å². The van der Waals surface area contributed by atoms with Crippen LogP contribution in [-0.4, -0.2) is 51.1 Å². The molecule has 4 unspecified atom stereocenters. The van der Waals surface area contributed by atoms with Gasteiger partial charge in [-0.1, -0.05) is 6.92 Å². The van der Waals surface area contributed by atoms with Crippen LogP contribution in [0.3, 0.4) is 0 Å². The van der Waals surface area contributed by atoms with Crippen LogP contribution >= 0.6 is 0 Å². The Kier molecular flexibility index (Phi) is 4.68. The Morgan fingerprint density at radius 3 is 2.53 bits per heavy atom. The minimum Gasteiger partial charge on any atom is -0.343 e. The van der Waals surface area contributed by atoms with Crippen LogP contribution < -0.4 is 5.32 Å². The maximum atomic E-state index is 12.1. The molecule has 0 spiro atoms. The minimum absolute atomic E-state index is 0.0885. The zero-order valence-corrected chi connectivity index (χ0v) is 11.5. The van der Waals surface area contributed by atoms with E-state index >= 15 is 0 Å².